The lowest BCUT2D eigenvalue weighted by Gasteiger charge is -2.33. The Kier molecular flexibility index (Phi) is 3.25. The molecule has 1 unspecified atom stereocenters. The maximum Gasteiger partial charge on any atom is 0.101 e. The van der Waals surface area contributed by atoms with Crippen molar-refractivity contribution in [3.05, 3.63) is 23.8 Å². The van der Waals surface area contributed by atoms with Gasteiger partial charge in [-0.2, -0.15) is 17.0 Å². The molecule has 0 bridgehead atoms. The number of rotatable bonds is 1. The van der Waals surface area contributed by atoms with Gasteiger partial charge in [0, 0.05) is 29.8 Å². The Bertz CT molecular complexity index is 425. The normalized spacial score (nSPS) is 20.5. The number of benzene rings is 1. The summed E-state index contributed by atoms with van der Waals surface area (Å²) in [4.78, 5) is 2.28. The van der Waals surface area contributed by atoms with Crippen LogP contribution in [-0.2, 0) is 0 Å². The lowest BCUT2D eigenvalue weighted by Crippen LogP contribution is -2.37. The van der Waals surface area contributed by atoms with Gasteiger partial charge in [0.25, 0.3) is 0 Å². The quantitative estimate of drug-likeness (QED) is 0.755. The van der Waals surface area contributed by atoms with E-state index in [1.54, 1.807) is 6.07 Å². The second kappa shape index (κ2) is 4.67. The fraction of sp³-hybridized carbons (Fsp3) is 0.417. The second-order valence-electron chi connectivity index (χ2n) is 4.02. The molecule has 0 spiro atoms. The minimum absolute atomic E-state index is 0.623. The number of nitriles is 1. The molecule has 1 saturated heterocycles. The van der Waals surface area contributed by atoms with Gasteiger partial charge < -0.3 is 10.6 Å². The summed E-state index contributed by atoms with van der Waals surface area (Å²) in [5.74, 6) is 1.12. The summed E-state index contributed by atoms with van der Waals surface area (Å²) in [6.07, 6.45) is 0. The highest BCUT2D eigenvalue weighted by molar-refractivity contribution is 8.00. The van der Waals surface area contributed by atoms with Crippen molar-refractivity contribution in [2.45, 2.75) is 12.2 Å². The van der Waals surface area contributed by atoms with Crippen molar-refractivity contribution in [1.82, 2.24) is 0 Å². The molecule has 84 valence electrons. The van der Waals surface area contributed by atoms with E-state index in [0.29, 0.717) is 16.5 Å². The van der Waals surface area contributed by atoms with Crippen LogP contribution in [0.2, 0.25) is 0 Å². The molecule has 1 heterocycles. The number of anilines is 2. The van der Waals surface area contributed by atoms with Crippen molar-refractivity contribution in [3.8, 4) is 6.07 Å². The molecular formula is C12H15N3S. The number of thioether (sulfide) groups is 1. The molecular weight excluding hydrogens is 218 g/mol. The van der Waals surface area contributed by atoms with E-state index in [1.165, 1.54) is 0 Å². The van der Waals surface area contributed by atoms with Crippen molar-refractivity contribution < 1.29 is 0 Å². The van der Waals surface area contributed by atoms with Crippen LogP contribution in [0.15, 0.2) is 18.2 Å². The van der Waals surface area contributed by atoms with Crippen molar-refractivity contribution >= 4 is 23.1 Å². The average molecular weight is 233 g/mol. The van der Waals surface area contributed by atoms with E-state index in [-0.39, 0.29) is 0 Å². The highest BCUT2D eigenvalue weighted by Crippen LogP contribution is 2.27. The third kappa shape index (κ3) is 2.25. The van der Waals surface area contributed by atoms with Gasteiger partial charge in [-0.25, -0.2) is 0 Å². The van der Waals surface area contributed by atoms with Crippen LogP contribution in [0.5, 0.6) is 0 Å². The summed E-state index contributed by atoms with van der Waals surface area (Å²) in [6.45, 7) is 4.23. The molecule has 0 aromatic heterocycles. The molecule has 1 aromatic carbocycles. The monoisotopic (exact) mass is 233 g/mol. The molecule has 1 fully saturated rings. The lowest BCUT2D eigenvalue weighted by molar-refractivity contribution is 0.782. The van der Waals surface area contributed by atoms with E-state index in [9.17, 15) is 0 Å². The lowest BCUT2D eigenvalue weighted by atomic mass is 10.1. The molecule has 0 aliphatic carbocycles. The van der Waals surface area contributed by atoms with E-state index in [2.05, 4.69) is 17.9 Å². The molecule has 0 amide bonds. The molecule has 0 radical (unpaired) electrons. The van der Waals surface area contributed by atoms with Crippen LogP contribution in [-0.4, -0.2) is 24.1 Å². The van der Waals surface area contributed by atoms with E-state index in [1.807, 2.05) is 23.9 Å². The van der Waals surface area contributed by atoms with Gasteiger partial charge in [-0.1, -0.05) is 6.92 Å². The molecule has 2 rings (SSSR count). The predicted octanol–water partition coefficient (Wildman–Crippen LogP) is 2.08. The topological polar surface area (TPSA) is 53.0 Å². The third-order valence-electron chi connectivity index (χ3n) is 2.72. The SMILES string of the molecule is CC1CN(c2ccc(N)cc2C#N)CCS1. The molecule has 0 saturated carbocycles. The predicted molar refractivity (Wildman–Crippen MR) is 69.7 cm³/mol. The Morgan fingerprint density at radius 3 is 3.06 bits per heavy atom. The summed E-state index contributed by atoms with van der Waals surface area (Å²) < 4.78 is 0. The largest absolute Gasteiger partial charge is 0.399 e. The molecule has 1 atom stereocenters. The third-order valence-corrected chi connectivity index (χ3v) is 3.86. The minimum Gasteiger partial charge on any atom is -0.399 e. The molecule has 1 aromatic rings. The first-order valence-electron chi connectivity index (χ1n) is 5.37. The van der Waals surface area contributed by atoms with Crippen molar-refractivity contribution in [2.24, 2.45) is 0 Å². The molecule has 1 aliphatic rings. The van der Waals surface area contributed by atoms with E-state index in [4.69, 9.17) is 11.0 Å². The average Bonchev–Trinajstić information content (AvgIpc) is 2.28. The minimum atomic E-state index is 0.623. The van der Waals surface area contributed by atoms with Crippen molar-refractivity contribution in [3.63, 3.8) is 0 Å². The second-order valence-corrected chi connectivity index (χ2v) is 5.56. The zero-order chi connectivity index (χ0) is 11.5. The number of nitrogens with two attached hydrogens (primary N) is 1. The van der Waals surface area contributed by atoms with Crippen LogP contribution in [0.25, 0.3) is 0 Å². The Hall–Kier alpha value is -1.34. The van der Waals surface area contributed by atoms with Crippen LogP contribution >= 0.6 is 11.8 Å². The maximum atomic E-state index is 9.10. The van der Waals surface area contributed by atoms with Gasteiger partial charge in [-0.05, 0) is 18.2 Å². The Balaban J connectivity index is 2.29. The van der Waals surface area contributed by atoms with E-state index in [0.717, 1.165) is 24.5 Å². The number of hydrogen-bond donors (Lipinski definition) is 1. The van der Waals surface area contributed by atoms with Gasteiger partial charge in [0.15, 0.2) is 0 Å². The first-order valence-corrected chi connectivity index (χ1v) is 6.42. The molecule has 3 nitrogen and oxygen atoms in total. The number of nitrogens with zero attached hydrogens (tertiary/aromatic N) is 2. The Morgan fingerprint density at radius 2 is 2.38 bits per heavy atom. The van der Waals surface area contributed by atoms with Crippen LogP contribution in [0, 0.1) is 11.3 Å². The van der Waals surface area contributed by atoms with Gasteiger partial charge in [0.1, 0.15) is 6.07 Å². The summed E-state index contributed by atoms with van der Waals surface area (Å²) >= 11 is 1.98. The van der Waals surface area contributed by atoms with Gasteiger partial charge in [0.2, 0.25) is 0 Å². The zero-order valence-electron chi connectivity index (χ0n) is 9.31. The summed E-state index contributed by atoms with van der Waals surface area (Å²) in [7, 11) is 0. The summed E-state index contributed by atoms with van der Waals surface area (Å²) in [6, 6.07) is 7.79. The number of nitrogen functional groups attached to an aromatic ring is 1. The first kappa shape index (κ1) is 11.2. The molecule has 2 N–H and O–H groups in total. The van der Waals surface area contributed by atoms with Crippen LogP contribution < -0.4 is 10.6 Å². The van der Waals surface area contributed by atoms with E-state index < -0.39 is 0 Å². The van der Waals surface area contributed by atoms with Gasteiger partial charge >= 0.3 is 0 Å². The van der Waals surface area contributed by atoms with Crippen LogP contribution in [0.4, 0.5) is 11.4 Å². The van der Waals surface area contributed by atoms with Gasteiger partial charge in [-0.15, -0.1) is 0 Å². The first-order chi connectivity index (χ1) is 7.70. The molecule has 16 heavy (non-hydrogen) atoms. The van der Waals surface area contributed by atoms with Crippen LogP contribution in [0.3, 0.4) is 0 Å². The summed E-state index contributed by atoms with van der Waals surface area (Å²) in [5.41, 5.74) is 8.04. The van der Waals surface area contributed by atoms with Crippen molar-refractivity contribution in [1.29, 1.82) is 5.26 Å². The fourth-order valence-electron chi connectivity index (χ4n) is 1.96. The molecule has 1 aliphatic heterocycles. The number of hydrogen-bond acceptors (Lipinski definition) is 4. The van der Waals surface area contributed by atoms with Gasteiger partial charge in [0.05, 0.1) is 11.3 Å². The maximum absolute atomic E-state index is 9.10. The van der Waals surface area contributed by atoms with Crippen LogP contribution in [0.1, 0.15) is 12.5 Å². The van der Waals surface area contributed by atoms with Crippen molar-refractivity contribution in [2.75, 3.05) is 29.5 Å². The standard InChI is InChI=1S/C12H15N3S/c1-9-8-15(4-5-16-9)12-3-2-11(14)6-10(12)7-13/h2-3,6,9H,4-5,8,14H2,1H3. The Morgan fingerprint density at radius 1 is 1.56 bits per heavy atom. The molecule has 4 heteroatoms. The smallest absolute Gasteiger partial charge is 0.101 e. The fourth-order valence-corrected chi connectivity index (χ4v) is 2.97. The Labute approximate surface area is 100 Å². The van der Waals surface area contributed by atoms with E-state index >= 15 is 0 Å². The highest BCUT2D eigenvalue weighted by Gasteiger charge is 2.19. The van der Waals surface area contributed by atoms with Gasteiger partial charge in [-0.3, -0.25) is 0 Å². The summed E-state index contributed by atoms with van der Waals surface area (Å²) in [5, 5.41) is 9.72. The highest BCUT2D eigenvalue weighted by atomic mass is 32.2. The zero-order valence-corrected chi connectivity index (χ0v) is 10.1.